The molecular weight excluding hydrogens is 310 g/mol. The number of thiocarbonyl (C=S) groups is 1. The maximum Gasteiger partial charge on any atom is 0.271 e. The SMILES string of the molecule is Cc1ccc([N+](=O)[O-])cc1NC(=S)Nc1ccccc1Cl. The van der Waals surface area contributed by atoms with Gasteiger partial charge in [-0.3, -0.25) is 10.1 Å². The first-order valence-corrected chi connectivity index (χ1v) is 6.83. The number of non-ortho nitro benzene ring substituents is 1. The predicted octanol–water partition coefficient (Wildman–Crippen LogP) is 4.37. The molecule has 0 heterocycles. The molecule has 0 radical (unpaired) electrons. The van der Waals surface area contributed by atoms with Crippen molar-refractivity contribution >= 4 is 46.0 Å². The van der Waals surface area contributed by atoms with E-state index in [0.29, 0.717) is 21.5 Å². The van der Waals surface area contributed by atoms with Crippen molar-refractivity contribution in [1.82, 2.24) is 0 Å². The number of rotatable bonds is 3. The third-order valence-electron chi connectivity index (χ3n) is 2.80. The molecule has 0 amide bonds. The molecule has 0 aliphatic heterocycles. The molecule has 0 aromatic heterocycles. The summed E-state index contributed by atoms with van der Waals surface area (Å²) in [5.41, 5.74) is 2.10. The van der Waals surface area contributed by atoms with Gasteiger partial charge in [0.1, 0.15) is 0 Å². The largest absolute Gasteiger partial charge is 0.332 e. The highest BCUT2D eigenvalue weighted by Gasteiger charge is 2.10. The van der Waals surface area contributed by atoms with Gasteiger partial charge in [0, 0.05) is 17.8 Å². The number of hydrogen-bond acceptors (Lipinski definition) is 3. The van der Waals surface area contributed by atoms with Gasteiger partial charge in [-0.25, -0.2) is 0 Å². The Bertz CT molecular complexity index is 706. The smallest absolute Gasteiger partial charge is 0.271 e. The highest BCUT2D eigenvalue weighted by Crippen LogP contribution is 2.23. The van der Waals surface area contributed by atoms with Gasteiger partial charge in [0.15, 0.2) is 5.11 Å². The summed E-state index contributed by atoms with van der Waals surface area (Å²) in [4.78, 5) is 10.3. The zero-order valence-electron chi connectivity index (χ0n) is 11.1. The van der Waals surface area contributed by atoms with Crippen molar-refractivity contribution < 1.29 is 4.92 Å². The Morgan fingerprint density at radius 1 is 1.19 bits per heavy atom. The van der Waals surface area contributed by atoms with E-state index >= 15 is 0 Å². The van der Waals surface area contributed by atoms with Crippen LogP contribution in [0.3, 0.4) is 0 Å². The lowest BCUT2D eigenvalue weighted by Crippen LogP contribution is -2.19. The molecule has 0 saturated heterocycles. The van der Waals surface area contributed by atoms with Crippen molar-refractivity contribution in [3.8, 4) is 0 Å². The van der Waals surface area contributed by atoms with Gasteiger partial charge in [0.25, 0.3) is 5.69 Å². The molecule has 7 heteroatoms. The number of nitro groups is 1. The van der Waals surface area contributed by atoms with Gasteiger partial charge in [0.05, 0.1) is 15.6 Å². The van der Waals surface area contributed by atoms with Gasteiger partial charge in [0.2, 0.25) is 0 Å². The number of halogens is 1. The minimum Gasteiger partial charge on any atom is -0.332 e. The van der Waals surface area contributed by atoms with Crippen molar-refractivity contribution in [2.75, 3.05) is 10.6 Å². The fraction of sp³-hybridized carbons (Fsp3) is 0.0714. The van der Waals surface area contributed by atoms with Crippen LogP contribution in [0.2, 0.25) is 5.02 Å². The molecule has 0 saturated carbocycles. The number of nitrogens with zero attached hydrogens (tertiary/aromatic N) is 1. The van der Waals surface area contributed by atoms with Gasteiger partial charge in [-0.2, -0.15) is 0 Å². The molecule has 2 aromatic carbocycles. The normalized spacial score (nSPS) is 10.0. The minimum atomic E-state index is -0.449. The number of benzene rings is 2. The molecule has 21 heavy (non-hydrogen) atoms. The number of aryl methyl sites for hydroxylation is 1. The topological polar surface area (TPSA) is 67.2 Å². The van der Waals surface area contributed by atoms with Gasteiger partial charge in [-0.1, -0.05) is 29.8 Å². The molecule has 0 atom stereocenters. The second-order valence-corrected chi connectivity index (χ2v) is 5.13. The second kappa shape index (κ2) is 6.51. The van der Waals surface area contributed by atoms with Crippen LogP contribution in [0.1, 0.15) is 5.56 Å². The van der Waals surface area contributed by atoms with Crippen LogP contribution in [0, 0.1) is 17.0 Å². The van der Waals surface area contributed by atoms with Crippen LogP contribution in [0.4, 0.5) is 17.1 Å². The summed E-state index contributed by atoms with van der Waals surface area (Å²) in [5.74, 6) is 0. The molecule has 0 unspecified atom stereocenters. The van der Waals surface area contributed by atoms with E-state index in [1.54, 1.807) is 18.2 Å². The van der Waals surface area contributed by atoms with Gasteiger partial charge >= 0.3 is 0 Å². The van der Waals surface area contributed by atoms with Crippen molar-refractivity contribution in [1.29, 1.82) is 0 Å². The average molecular weight is 322 g/mol. The Kier molecular flexibility index (Phi) is 4.72. The van der Waals surface area contributed by atoms with E-state index in [2.05, 4.69) is 10.6 Å². The lowest BCUT2D eigenvalue weighted by Gasteiger charge is -2.13. The number of para-hydroxylation sites is 1. The second-order valence-electron chi connectivity index (χ2n) is 4.32. The Balaban J connectivity index is 2.15. The van der Waals surface area contributed by atoms with Crippen molar-refractivity contribution in [3.63, 3.8) is 0 Å². The van der Waals surface area contributed by atoms with E-state index in [0.717, 1.165) is 5.56 Å². The van der Waals surface area contributed by atoms with E-state index in [4.69, 9.17) is 23.8 Å². The zero-order valence-corrected chi connectivity index (χ0v) is 12.7. The highest BCUT2D eigenvalue weighted by molar-refractivity contribution is 7.80. The molecule has 108 valence electrons. The summed E-state index contributed by atoms with van der Waals surface area (Å²) < 4.78 is 0. The Morgan fingerprint density at radius 3 is 2.52 bits per heavy atom. The summed E-state index contributed by atoms with van der Waals surface area (Å²) in [6, 6.07) is 11.7. The quantitative estimate of drug-likeness (QED) is 0.499. The number of nitro benzene ring substituents is 1. The molecule has 0 fully saturated rings. The summed E-state index contributed by atoms with van der Waals surface area (Å²) in [6.07, 6.45) is 0. The highest BCUT2D eigenvalue weighted by atomic mass is 35.5. The third-order valence-corrected chi connectivity index (χ3v) is 3.34. The van der Waals surface area contributed by atoms with Gasteiger partial charge in [-0.15, -0.1) is 0 Å². The Morgan fingerprint density at radius 2 is 1.86 bits per heavy atom. The van der Waals surface area contributed by atoms with Crippen LogP contribution < -0.4 is 10.6 Å². The van der Waals surface area contributed by atoms with Gasteiger partial charge < -0.3 is 10.6 Å². The number of hydrogen-bond donors (Lipinski definition) is 2. The van der Waals surface area contributed by atoms with Crippen LogP contribution in [-0.4, -0.2) is 10.0 Å². The fourth-order valence-corrected chi connectivity index (χ4v) is 2.10. The predicted molar refractivity (Wildman–Crippen MR) is 89.1 cm³/mol. The molecule has 2 rings (SSSR count). The van der Waals surface area contributed by atoms with Crippen molar-refractivity contribution in [3.05, 3.63) is 63.2 Å². The number of anilines is 2. The van der Waals surface area contributed by atoms with E-state index in [1.165, 1.54) is 12.1 Å². The van der Waals surface area contributed by atoms with E-state index in [9.17, 15) is 10.1 Å². The van der Waals surface area contributed by atoms with E-state index in [1.807, 2.05) is 19.1 Å². The standard InChI is InChI=1S/C14H12ClN3O2S/c1-9-6-7-10(18(19)20)8-13(9)17-14(21)16-12-5-3-2-4-11(12)15/h2-8H,1H3,(H2,16,17,21). The van der Waals surface area contributed by atoms with E-state index in [-0.39, 0.29) is 5.69 Å². The molecular formula is C14H12ClN3O2S. The first-order valence-electron chi connectivity index (χ1n) is 6.05. The lowest BCUT2D eigenvalue weighted by molar-refractivity contribution is -0.384. The number of nitrogens with one attached hydrogen (secondary N) is 2. The monoisotopic (exact) mass is 321 g/mol. The Hall–Kier alpha value is -2.18. The molecule has 0 bridgehead atoms. The maximum absolute atomic E-state index is 10.8. The van der Waals surface area contributed by atoms with Crippen molar-refractivity contribution in [2.24, 2.45) is 0 Å². The van der Waals surface area contributed by atoms with Crippen LogP contribution >= 0.6 is 23.8 Å². The zero-order chi connectivity index (χ0) is 15.4. The summed E-state index contributed by atoms with van der Waals surface area (Å²) >= 11 is 11.2. The van der Waals surface area contributed by atoms with Crippen LogP contribution in [0.25, 0.3) is 0 Å². The summed E-state index contributed by atoms with van der Waals surface area (Å²) in [5, 5.41) is 17.5. The maximum atomic E-state index is 10.8. The Labute approximate surface area is 132 Å². The first kappa shape index (κ1) is 15.2. The molecule has 2 N–H and O–H groups in total. The first-order chi connectivity index (χ1) is 9.97. The molecule has 0 aliphatic carbocycles. The fourth-order valence-electron chi connectivity index (χ4n) is 1.70. The average Bonchev–Trinajstić information content (AvgIpc) is 2.43. The third kappa shape index (κ3) is 3.90. The molecule has 5 nitrogen and oxygen atoms in total. The minimum absolute atomic E-state index is 0.00337. The molecule has 2 aromatic rings. The van der Waals surface area contributed by atoms with Gasteiger partial charge in [-0.05, 0) is 36.8 Å². The van der Waals surface area contributed by atoms with Crippen molar-refractivity contribution in [2.45, 2.75) is 6.92 Å². The van der Waals surface area contributed by atoms with Crippen LogP contribution in [0.15, 0.2) is 42.5 Å². The molecule has 0 spiro atoms. The molecule has 0 aliphatic rings. The van der Waals surface area contributed by atoms with E-state index < -0.39 is 4.92 Å². The van der Waals surface area contributed by atoms with Crippen LogP contribution in [-0.2, 0) is 0 Å². The summed E-state index contributed by atoms with van der Waals surface area (Å²) in [6.45, 7) is 1.84. The lowest BCUT2D eigenvalue weighted by atomic mass is 10.2. The summed E-state index contributed by atoms with van der Waals surface area (Å²) in [7, 11) is 0. The van der Waals surface area contributed by atoms with Crippen LogP contribution in [0.5, 0.6) is 0 Å².